The molecule has 3 rings (SSSR count). The molecule has 0 bridgehead atoms. The molecule has 0 spiro atoms. The second-order valence-corrected chi connectivity index (χ2v) is 7.25. The molecule has 0 saturated carbocycles. The highest BCUT2D eigenvalue weighted by Crippen LogP contribution is 2.19. The Labute approximate surface area is 165 Å². The number of carbonyl (C=O) groups excluding carboxylic acids is 1. The summed E-state index contributed by atoms with van der Waals surface area (Å²) in [5.74, 6) is -0.0979. The minimum absolute atomic E-state index is 0.0979. The van der Waals surface area contributed by atoms with Gasteiger partial charge in [0, 0.05) is 24.0 Å². The molecule has 1 N–H and O–H groups in total. The molecule has 6 nitrogen and oxygen atoms in total. The third-order valence-corrected chi connectivity index (χ3v) is 5.41. The predicted molar refractivity (Wildman–Crippen MR) is 105 cm³/mol. The molecule has 1 amide bonds. The first kappa shape index (κ1) is 18.7. The van der Waals surface area contributed by atoms with Crippen molar-refractivity contribution in [2.24, 2.45) is 0 Å². The van der Waals surface area contributed by atoms with E-state index in [2.05, 4.69) is 31.4 Å². The van der Waals surface area contributed by atoms with E-state index in [0.29, 0.717) is 30.2 Å². The van der Waals surface area contributed by atoms with E-state index in [0.717, 1.165) is 21.4 Å². The molecule has 0 atom stereocenters. The molecule has 2 heterocycles. The van der Waals surface area contributed by atoms with Crippen LogP contribution >= 0.6 is 27.5 Å². The minimum Gasteiger partial charge on any atom is -0.350 e. The smallest absolute Gasteiger partial charge is 0.251 e. The highest BCUT2D eigenvalue weighted by atomic mass is 79.9. The summed E-state index contributed by atoms with van der Waals surface area (Å²) >= 11 is 9.37. The van der Waals surface area contributed by atoms with Gasteiger partial charge in [-0.3, -0.25) is 14.2 Å². The van der Waals surface area contributed by atoms with E-state index in [9.17, 15) is 4.79 Å². The Hall–Kier alpha value is -2.12. The number of rotatable bonds is 6. The molecule has 26 heavy (non-hydrogen) atoms. The topological polar surface area (TPSA) is 64.7 Å². The summed E-state index contributed by atoms with van der Waals surface area (Å²) in [7, 11) is 0. The molecule has 0 radical (unpaired) electrons. The standard InChI is InChI=1S/C18H19BrClN5O/c1-12-17(19)13(2)25(23-12)8-7-21-18(26)15-5-3-14(4-6-15)10-24-11-16(20)9-22-24/h3-6,9,11H,7-8,10H2,1-2H3,(H,21,26). The van der Waals surface area contributed by atoms with Crippen LogP contribution in [0.2, 0.25) is 5.02 Å². The van der Waals surface area contributed by atoms with Gasteiger partial charge in [0.2, 0.25) is 0 Å². The molecular weight excluding hydrogens is 418 g/mol. The summed E-state index contributed by atoms with van der Waals surface area (Å²) in [5.41, 5.74) is 3.68. The van der Waals surface area contributed by atoms with Gasteiger partial charge in [-0.1, -0.05) is 23.7 Å². The van der Waals surface area contributed by atoms with E-state index in [1.807, 2.05) is 42.8 Å². The molecule has 0 fully saturated rings. The number of amides is 1. The van der Waals surface area contributed by atoms with Crippen LogP contribution in [0.1, 0.15) is 27.3 Å². The molecule has 1 aromatic carbocycles. The average molecular weight is 437 g/mol. The van der Waals surface area contributed by atoms with Gasteiger partial charge in [-0.2, -0.15) is 10.2 Å². The van der Waals surface area contributed by atoms with Gasteiger partial charge in [-0.15, -0.1) is 0 Å². The Morgan fingerprint density at radius 3 is 2.58 bits per heavy atom. The van der Waals surface area contributed by atoms with E-state index in [-0.39, 0.29) is 5.91 Å². The van der Waals surface area contributed by atoms with E-state index in [4.69, 9.17) is 11.6 Å². The lowest BCUT2D eigenvalue weighted by molar-refractivity contribution is 0.0952. The molecule has 0 aliphatic heterocycles. The van der Waals surface area contributed by atoms with Gasteiger partial charge in [0.05, 0.1) is 34.5 Å². The van der Waals surface area contributed by atoms with Crippen LogP contribution in [0, 0.1) is 13.8 Å². The summed E-state index contributed by atoms with van der Waals surface area (Å²) in [6.45, 7) is 5.70. The number of hydrogen-bond donors (Lipinski definition) is 1. The monoisotopic (exact) mass is 435 g/mol. The van der Waals surface area contributed by atoms with Crippen molar-refractivity contribution in [2.75, 3.05) is 6.54 Å². The number of aromatic nitrogens is 4. The van der Waals surface area contributed by atoms with Crippen molar-refractivity contribution >= 4 is 33.4 Å². The largest absolute Gasteiger partial charge is 0.350 e. The highest BCUT2D eigenvalue weighted by Gasteiger charge is 2.09. The first-order chi connectivity index (χ1) is 12.4. The Morgan fingerprint density at radius 2 is 2.00 bits per heavy atom. The number of nitrogens with zero attached hydrogens (tertiary/aromatic N) is 4. The zero-order valence-electron chi connectivity index (χ0n) is 14.5. The summed E-state index contributed by atoms with van der Waals surface area (Å²) in [4.78, 5) is 12.3. The molecule has 2 aromatic heterocycles. The van der Waals surface area contributed by atoms with Crippen molar-refractivity contribution in [3.63, 3.8) is 0 Å². The summed E-state index contributed by atoms with van der Waals surface area (Å²) in [5, 5.41) is 12.1. The quantitative estimate of drug-likeness (QED) is 0.642. The van der Waals surface area contributed by atoms with E-state index >= 15 is 0 Å². The Bertz CT molecular complexity index is 916. The van der Waals surface area contributed by atoms with E-state index in [1.165, 1.54) is 0 Å². The SMILES string of the molecule is Cc1nn(CCNC(=O)c2ccc(Cn3cc(Cl)cn3)cc2)c(C)c1Br. The third kappa shape index (κ3) is 4.34. The fraction of sp³-hybridized carbons (Fsp3) is 0.278. The van der Waals surface area contributed by atoms with Crippen molar-refractivity contribution in [3.05, 3.63) is 68.7 Å². The summed E-state index contributed by atoms with van der Waals surface area (Å²) in [6, 6.07) is 7.47. The van der Waals surface area contributed by atoms with Crippen LogP contribution in [0.5, 0.6) is 0 Å². The second kappa shape index (κ2) is 8.05. The molecule has 0 aliphatic carbocycles. The number of nitrogens with one attached hydrogen (secondary N) is 1. The van der Waals surface area contributed by atoms with Gasteiger partial charge in [0.25, 0.3) is 5.91 Å². The van der Waals surface area contributed by atoms with Crippen LogP contribution in [-0.2, 0) is 13.1 Å². The Morgan fingerprint density at radius 1 is 1.27 bits per heavy atom. The lowest BCUT2D eigenvalue weighted by Crippen LogP contribution is -2.27. The maximum atomic E-state index is 12.3. The lowest BCUT2D eigenvalue weighted by atomic mass is 10.1. The maximum Gasteiger partial charge on any atom is 0.251 e. The molecule has 0 aliphatic rings. The normalized spacial score (nSPS) is 10.9. The molecular formula is C18H19BrClN5O. The zero-order valence-corrected chi connectivity index (χ0v) is 16.9. The molecule has 8 heteroatoms. The number of halogens is 2. The fourth-order valence-electron chi connectivity index (χ4n) is 2.64. The Balaban J connectivity index is 1.53. The van der Waals surface area contributed by atoms with Crippen LogP contribution in [0.15, 0.2) is 41.1 Å². The van der Waals surface area contributed by atoms with Crippen molar-refractivity contribution < 1.29 is 4.79 Å². The summed E-state index contributed by atoms with van der Waals surface area (Å²) < 4.78 is 4.65. The van der Waals surface area contributed by atoms with Crippen molar-refractivity contribution in [3.8, 4) is 0 Å². The van der Waals surface area contributed by atoms with Gasteiger partial charge in [-0.05, 0) is 47.5 Å². The number of hydrogen-bond acceptors (Lipinski definition) is 3. The van der Waals surface area contributed by atoms with Crippen molar-refractivity contribution in [2.45, 2.75) is 26.9 Å². The van der Waals surface area contributed by atoms with Crippen LogP contribution in [0.3, 0.4) is 0 Å². The van der Waals surface area contributed by atoms with Gasteiger partial charge in [0.15, 0.2) is 0 Å². The molecule has 3 aromatic rings. The van der Waals surface area contributed by atoms with E-state index < -0.39 is 0 Å². The van der Waals surface area contributed by atoms with Crippen LogP contribution < -0.4 is 5.32 Å². The second-order valence-electron chi connectivity index (χ2n) is 6.02. The minimum atomic E-state index is -0.0979. The average Bonchev–Trinajstić information content (AvgIpc) is 3.14. The number of benzene rings is 1. The molecule has 0 saturated heterocycles. The van der Waals surface area contributed by atoms with Crippen molar-refractivity contribution in [1.29, 1.82) is 0 Å². The van der Waals surface area contributed by atoms with Gasteiger partial charge >= 0.3 is 0 Å². The first-order valence-corrected chi connectivity index (χ1v) is 9.35. The van der Waals surface area contributed by atoms with E-state index in [1.54, 1.807) is 17.1 Å². The zero-order chi connectivity index (χ0) is 18.7. The fourth-order valence-corrected chi connectivity index (χ4v) is 3.08. The summed E-state index contributed by atoms with van der Waals surface area (Å²) in [6.07, 6.45) is 3.37. The molecule has 0 unspecified atom stereocenters. The van der Waals surface area contributed by atoms with Crippen LogP contribution in [0.4, 0.5) is 0 Å². The first-order valence-electron chi connectivity index (χ1n) is 8.18. The highest BCUT2D eigenvalue weighted by molar-refractivity contribution is 9.10. The van der Waals surface area contributed by atoms with Gasteiger partial charge < -0.3 is 5.32 Å². The van der Waals surface area contributed by atoms with Gasteiger partial charge in [0.1, 0.15) is 0 Å². The van der Waals surface area contributed by atoms with Crippen LogP contribution in [0.25, 0.3) is 0 Å². The predicted octanol–water partition coefficient (Wildman–Crippen LogP) is 3.59. The molecule has 136 valence electrons. The maximum absolute atomic E-state index is 12.3. The van der Waals surface area contributed by atoms with Crippen molar-refractivity contribution in [1.82, 2.24) is 24.9 Å². The Kier molecular flexibility index (Phi) is 5.78. The number of carbonyl (C=O) groups is 1. The number of aryl methyl sites for hydroxylation is 1. The lowest BCUT2D eigenvalue weighted by Gasteiger charge is -2.08. The van der Waals surface area contributed by atoms with Crippen LogP contribution in [-0.4, -0.2) is 32.0 Å². The third-order valence-electron chi connectivity index (χ3n) is 4.06. The van der Waals surface area contributed by atoms with Gasteiger partial charge in [-0.25, -0.2) is 0 Å².